The van der Waals surface area contributed by atoms with Crippen molar-refractivity contribution in [3.8, 4) is 0 Å². The zero-order valence-electron chi connectivity index (χ0n) is 46.3. The first-order valence-corrected chi connectivity index (χ1v) is 28.1. The number of allylic oxidation sites excluding steroid dienone is 1. The summed E-state index contributed by atoms with van der Waals surface area (Å²) >= 11 is 2.21. The molecular formula is C66H84BNS. The molecule has 4 aromatic carbocycles. The summed E-state index contributed by atoms with van der Waals surface area (Å²) in [5, 5.41) is 0. The van der Waals surface area contributed by atoms with Crippen LogP contribution in [0.15, 0.2) is 54.6 Å². The van der Waals surface area contributed by atoms with Crippen LogP contribution in [-0.4, -0.2) is 6.71 Å². The lowest BCUT2D eigenvalue weighted by Crippen LogP contribution is -2.58. The number of benzene rings is 4. The minimum Gasteiger partial charge on any atom is -0.311 e. The van der Waals surface area contributed by atoms with Crippen molar-refractivity contribution in [3.05, 3.63) is 126 Å². The smallest absolute Gasteiger partial charge is 0.260 e. The molecule has 0 radical (unpaired) electrons. The van der Waals surface area contributed by atoms with Crippen LogP contribution in [0.2, 0.25) is 0 Å². The number of hydrogen-bond donors (Lipinski definition) is 0. The van der Waals surface area contributed by atoms with E-state index >= 15 is 0 Å². The van der Waals surface area contributed by atoms with Crippen molar-refractivity contribution >= 4 is 62.5 Å². The Labute approximate surface area is 423 Å². The van der Waals surface area contributed by atoms with Gasteiger partial charge in [-0.1, -0.05) is 154 Å². The minimum atomic E-state index is 0.0492. The van der Waals surface area contributed by atoms with E-state index in [1.807, 2.05) is 0 Å². The molecule has 4 aliphatic carbocycles. The summed E-state index contributed by atoms with van der Waals surface area (Å²) in [4.78, 5) is 4.40. The third kappa shape index (κ3) is 7.16. The Hall–Kier alpha value is -3.82. The van der Waals surface area contributed by atoms with Gasteiger partial charge in [-0.25, -0.2) is 0 Å². The Morgan fingerprint density at radius 2 is 1.03 bits per heavy atom. The molecule has 69 heavy (non-hydrogen) atoms. The fourth-order valence-corrected chi connectivity index (χ4v) is 16.7. The van der Waals surface area contributed by atoms with Crippen molar-refractivity contribution in [1.29, 1.82) is 0 Å². The van der Waals surface area contributed by atoms with Gasteiger partial charge in [0.25, 0.3) is 6.71 Å². The van der Waals surface area contributed by atoms with Crippen LogP contribution in [0.5, 0.6) is 0 Å². The molecule has 0 amide bonds. The molecule has 0 atom stereocenters. The highest BCUT2D eigenvalue weighted by atomic mass is 32.1. The monoisotopic (exact) mass is 934 g/mol. The molecule has 362 valence electrons. The van der Waals surface area contributed by atoms with Gasteiger partial charge in [-0.3, -0.25) is 0 Å². The molecule has 1 aromatic heterocycles. The van der Waals surface area contributed by atoms with Crippen LogP contribution in [0.25, 0.3) is 11.6 Å². The van der Waals surface area contributed by atoms with Crippen molar-refractivity contribution in [2.24, 2.45) is 0 Å². The summed E-state index contributed by atoms with van der Waals surface area (Å²) in [5.74, 6) is 0. The first kappa shape index (κ1) is 47.5. The largest absolute Gasteiger partial charge is 0.311 e. The molecule has 2 aliphatic heterocycles. The van der Waals surface area contributed by atoms with Crippen molar-refractivity contribution in [1.82, 2.24) is 0 Å². The highest BCUT2D eigenvalue weighted by Gasteiger charge is 2.49. The summed E-state index contributed by atoms with van der Waals surface area (Å²) < 4.78 is 1.59. The first-order valence-electron chi connectivity index (χ1n) is 27.3. The van der Waals surface area contributed by atoms with Crippen LogP contribution < -0.4 is 20.6 Å². The molecule has 0 saturated heterocycles. The Morgan fingerprint density at radius 3 is 1.64 bits per heavy atom. The van der Waals surface area contributed by atoms with Crippen molar-refractivity contribution in [3.63, 3.8) is 0 Å². The Bertz CT molecular complexity index is 3040. The van der Waals surface area contributed by atoms with Gasteiger partial charge in [0.1, 0.15) is 0 Å². The number of nitrogens with zero attached hydrogens (tertiary/aromatic N) is 1. The minimum absolute atomic E-state index is 0.0492. The Kier molecular flexibility index (Phi) is 10.3. The number of aryl methyl sites for hydroxylation is 2. The standard InChI is InChI=1S/C66H84BNS/c1-39-30-43-34-42(33-41-35-47-46(32-40(41)2)60(5,6)26-27-61(47,7)8)54-55-57(66(17,18)23-19-22-65(55,15)16)69-58(54)67-51-37-49-50(64(13,14)29-28-63(49,11)12)38-52(51)68(53(31-39)56(43)67)44-20-21-45-48(36-44)62(9,10)25-24-59(45,3)4/h20-21,30-32,34-38H,19,22-29,33H2,1-18H3. The summed E-state index contributed by atoms with van der Waals surface area (Å²) in [7, 11) is 0. The highest BCUT2D eigenvalue weighted by molar-refractivity contribution is 7.28. The van der Waals surface area contributed by atoms with E-state index in [-0.39, 0.29) is 50.0 Å². The SMILES string of the molecule is Cc1cc2c3c(c1)N(c1ccc4c(c1)C(C)(C)CCC4(C)C)c1cc4c(cc1B3c1sc3c(c1C(Cc1cc5c(cc1C)C(C)(C)CCC5(C)C)=C2)C(C)(C)CCCC3(C)C)C(C)(C)CCC4(C)C. The van der Waals surface area contributed by atoms with Crippen molar-refractivity contribution < 1.29 is 0 Å². The number of hydrogen-bond acceptors (Lipinski definition) is 2. The Morgan fingerprint density at radius 1 is 0.507 bits per heavy atom. The third-order valence-corrected chi connectivity index (χ3v) is 21.6. The quantitative estimate of drug-likeness (QED) is 0.126. The molecule has 0 saturated carbocycles. The lowest BCUT2D eigenvalue weighted by atomic mass is 9.36. The van der Waals surface area contributed by atoms with E-state index in [0.717, 1.165) is 6.42 Å². The zero-order chi connectivity index (χ0) is 49.6. The summed E-state index contributed by atoms with van der Waals surface area (Å²) in [6.45, 7) is 45.2. The van der Waals surface area contributed by atoms with Crippen molar-refractivity contribution in [2.45, 2.75) is 232 Å². The summed E-state index contributed by atoms with van der Waals surface area (Å²) in [6, 6.07) is 23.6. The molecule has 5 aromatic rings. The second-order valence-electron chi connectivity index (χ2n) is 28.9. The van der Waals surface area contributed by atoms with Crippen LogP contribution in [0.3, 0.4) is 0 Å². The second-order valence-corrected chi connectivity index (χ2v) is 29.9. The van der Waals surface area contributed by atoms with Crippen LogP contribution in [0.1, 0.15) is 240 Å². The molecule has 3 heteroatoms. The molecule has 3 heterocycles. The number of thiophene rings is 1. The van der Waals surface area contributed by atoms with E-state index in [1.54, 1.807) is 43.0 Å². The van der Waals surface area contributed by atoms with E-state index in [1.165, 1.54) is 125 Å². The van der Waals surface area contributed by atoms with E-state index in [2.05, 4.69) is 202 Å². The fraction of sp³-hybridized carbons (Fsp3) is 0.545. The van der Waals surface area contributed by atoms with Crippen LogP contribution >= 0.6 is 11.3 Å². The number of rotatable bonds is 3. The third-order valence-electron chi connectivity index (χ3n) is 19.9. The molecule has 0 fully saturated rings. The van der Waals surface area contributed by atoms with Gasteiger partial charge in [0.15, 0.2) is 0 Å². The summed E-state index contributed by atoms with van der Waals surface area (Å²) in [6.07, 6.45) is 14.7. The lowest BCUT2D eigenvalue weighted by Gasteiger charge is -2.46. The second kappa shape index (κ2) is 14.9. The van der Waals surface area contributed by atoms with Gasteiger partial charge in [-0.05, 0) is 227 Å². The van der Waals surface area contributed by atoms with E-state index in [0.29, 0.717) is 0 Å². The van der Waals surface area contributed by atoms with Gasteiger partial charge in [-0.15, -0.1) is 0 Å². The first-order chi connectivity index (χ1) is 31.9. The van der Waals surface area contributed by atoms with Crippen LogP contribution in [-0.2, 0) is 49.7 Å². The number of fused-ring (bicyclic) bond motifs is 9. The summed E-state index contributed by atoms with van der Waals surface area (Å²) in [5.41, 5.74) is 27.8. The number of anilines is 3. The van der Waals surface area contributed by atoms with E-state index < -0.39 is 0 Å². The fourth-order valence-electron chi connectivity index (χ4n) is 14.9. The predicted octanol–water partition coefficient (Wildman–Crippen LogP) is 16.5. The molecule has 0 spiro atoms. The van der Waals surface area contributed by atoms with Gasteiger partial charge in [-0.2, -0.15) is 11.3 Å². The maximum absolute atomic E-state index is 2.77. The van der Waals surface area contributed by atoms with Gasteiger partial charge in [0.2, 0.25) is 0 Å². The van der Waals surface area contributed by atoms with Gasteiger partial charge < -0.3 is 4.90 Å². The predicted molar refractivity (Wildman–Crippen MR) is 303 cm³/mol. The molecule has 11 rings (SSSR count). The molecule has 6 aliphatic rings. The van der Waals surface area contributed by atoms with Crippen LogP contribution in [0.4, 0.5) is 17.1 Å². The highest BCUT2D eigenvalue weighted by Crippen LogP contribution is 2.55. The molecule has 1 nitrogen and oxygen atoms in total. The zero-order valence-corrected chi connectivity index (χ0v) is 47.1. The van der Waals surface area contributed by atoms with Gasteiger partial charge >= 0.3 is 0 Å². The average molecular weight is 934 g/mol. The molecule has 0 N–H and O–H groups in total. The lowest BCUT2D eigenvalue weighted by molar-refractivity contribution is 0.331. The molecule has 0 unspecified atom stereocenters. The topological polar surface area (TPSA) is 3.24 Å². The van der Waals surface area contributed by atoms with Crippen LogP contribution in [0, 0.1) is 13.8 Å². The van der Waals surface area contributed by atoms with E-state index in [4.69, 9.17) is 0 Å². The van der Waals surface area contributed by atoms with Gasteiger partial charge in [0, 0.05) is 21.9 Å². The van der Waals surface area contributed by atoms with Gasteiger partial charge in [0.05, 0.1) is 0 Å². The average Bonchev–Trinajstić information content (AvgIpc) is 3.58. The van der Waals surface area contributed by atoms with Crippen molar-refractivity contribution in [2.75, 3.05) is 4.90 Å². The molecule has 0 bridgehead atoms. The Balaban J connectivity index is 1.25. The normalized spacial score (nSPS) is 23.1. The maximum atomic E-state index is 2.77. The van der Waals surface area contributed by atoms with E-state index in [9.17, 15) is 0 Å². The molecular weight excluding hydrogens is 850 g/mol. The maximum Gasteiger partial charge on any atom is 0.260 e.